The Morgan fingerprint density at radius 1 is 1.07 bits per heavy atom. The van der Waals surface area contributed by atoms with Crippen molar-refractivity contribution in [2.75, 3.05) is 18.8 Å². The average Bonchev–Trinajstić information content (AvgIpc) is 3.27. The van der Waals surface area contributed by atoms with Gasteiger partial charge in [0, 0.05) is 49.1 Å². The highest BCUT2D eigenvalue weighted by Gasteiger charge is 2.55. The van der Waals surface area contributed by atoms with E-state index in [-0.39, 0.29) is 37.0 Å². The molecule has 4 N–H and O–H groups in total. The number of hydrogen-bond donors (Lipinski definition) is 3. The molecule has 2 saturated heterocycles. The van der Waals surface area contributed by atoms with Gasteiger partial charge >= 0.3 is 6.18 Å². The van der Waals surface area contributed by atoms with E-state index in [4.69, 9.17) is 5.73 Å². The lowest BCUT2D eigenvalue weighted by Gasteiger charge is -2.56. The number of carbonyl (C=O) groups is 3. The summed E-state index contributed by atoms with van der Waals surface area (Å²) in [7, 11) is 0. The molecule has 1 aromatic heterocycles. The summed E-state index contributed by atoms with van der Waals surface area (Å²) in [5, 5.41) is 14.8. The van der Waals surface area contributed by atoms with Crippen LogP contribution in [0.4, 0.5) is 19.0 Å². The number of pyridine rings is 1. The molecular formula is C30H34F3N5O4. The zero-order valence-corrected chi connectivity index (χ0v) is 23.2. The summed E-state index contributed by atoms with van der Waals surface area (Å²) in [6.45, 7) is 1.59. The number of amides is 3. The summed E-state index contributed by atoms with van der Waals surface area (Å²) in [6.07, 6.45) is 0.837. The number of halogens is 3. The summed E-state index contributed by atoms with van der Waals surface area (Å²) < 4.78 is 39.3. The second kappa shape index (κ2) is 10.3. The molecule has 0 bridgehead atoms. The van der Waals surface area contributed by atoms with Crippen molar-refractivity contribution >= 4 is 23.5 Å². The summed E-state index contributed by atoms with van der Waals surface area (Å²) in [4.78, 5) is 44.5. The highest BCUT2D eigenvalue weighted by Crippen LogP contribution is 2.55. The number of nitrogens with zero attached hydrogens (tertiary/aromatic N) is 3. The molecule has 12 heteroatoms. The molecule has 42 heavy (non-hydrogen) atoms. The molecule has 1 aliphatic carbocycles. The van der Waals surface area contributed by atoms with Gasteiger partial charge in [0.05, 0.1) is 5.60 Å². The zero-order valence-electron chi connectivity index (χ0n) is 23.2. The predicted octanol–water partition coefficient (Wildman–Crippen LogP) is 3.49. The molecule has 2 aromatic rings. The van der Waals surface area contributed by atoms with Gasteiger partial charge in [0.1, 0.15) is 17.6 Å². The third-order valence-corrected chi connectivity index (χ3v) is 9.70. The molecule has 3 fully saturated rings. The van der Waals surface area contributed by atoms with E-state index < -0.39 is 34.8 Å². The Balaban J connectivity index is 1.25. The number of aliphatic hydroxyl groups is 1. The summed E-state index contributed by atoms with van der Waals surface area (Å²) in [5.74, 6) is -1.22. The van der Waals surface area contributed by atoms with Crippen LogP contribution in [0.15, 0.2) is 30.3 Å². The van der Waals surface area contributed by atoms with Crippen LogP contribution < -0.4 is 11.1 Å². The SMILES string of the molecule is Nc1nc(C(F)(F)F)ccc1CN1CCC(O)(c2ccc3c(c2)CN(C2CCC(=O)NC2=O)C3=O)C2(CCCCC2)C1. The van der Waals surface area contributed by atoms with Crippen molar-refractivity contribution in [1.29, 1.82) is 0 Å². The Morgan fingerprint density at radius 3 is 2.52 bits per heavy atom. The fourth-order valence-electron chi connectivity index (χ4n) is 7.48. The van der Waals surface area contributed by atoms with Crippen LogP contribution in [0.5, 0.6) is 0 Å². The Morgan fingerprint density at radius 2 is 1.83 bits per heavy atom. The zero-order chi connectivity index (χ0) is 29.9. The maximum absolute atomic E-state index is 13.2. The lowest BCUT2D eigenvalue weighted by Crippen LogP contribution is -2.58. The summed E-state index contributed by atoms with van der Waals surface area (Å²) in [6, 6.07) is 7.05. The Kier molecular flexibility index (Phi) is 7.04. The van der Waals surface area contributed by atoms with Gasteiger partial charge in [0.25, 0.3) is 5.91 Å². The number of nitrogen functional groups attached to an aromatic ring is 1. The van der Waals surface area contributed by atoms with Gasteiger partial charge in [0.15, 0.2) is 0 Å². The van der Waals surface area contributed by atoms with Crippen molar-refractivity contribution in [3.8, 4) is 0 Å². The van der Waals surface area contributed by atoms with Gasteiger partial charge in [-0.1, -0.05) is 37.5 Å². The van der Waals surface area contributed by atoms with Crippen molar-refractivity contribution in [1.82, 2.24) is 20.1 Å². The molecule has 1 saturated carbocycles. The molecule has 0 radical (unpaired) electrons. The normalized spacial score (nSPS) is 26.4. The first-order valence-electron chi connectivity index (χ1n) is 14.5. The maximum Gasteiger partial charge on any atom is 0.433 e. The number of anilines is 1. The van der Waals surface area contributed by atoms with Crippen molar-refractivity contribution in [3.63, 3.8) is 0 Å². The van der Waals surface area contributed by atoms with Crippen LogP contribution in [0.1, 0.15) is 84.1 Å². The Labute approximate surface area is 241 Å². The number of fused-ring (bicyclic) bond motifs is 1. The van der Waals surface area contributed by atoms with E-state index in [9.17, 15) is 32.7 Å². The van der Waals surface area contributed by atoms with Crippen molar-refractivity contribution in [2.45, 2.75) is 82.3 Å². The van der Waals surface area contributed by atoms with Gasteiger partial charge in [-0.25, -0.2) is 4.98 Å². The number of imide groups is 1. The van der Waals surface area contributed by atoms with Gasteiger partial charge in [-0.3, -0.25) is 24.6 Å². The first-order chi connectivity index (χ1) is 19.9. The van der Waals surface area contributed by atoms with Gasteiger partial charge < -0.3 is 15.7 Å². The molecule has 1 aromatic carbocycles. The first kappa shape index (κ1) is 28.6. The quantitative estimate of drug-likeness (QED) is 0.469. The number of aromatic nitrogens is 1. The molecule has 1 spiro atoms. The Hall–Kier alpha value is -3.51. The van der Waals surface area contributed by atoms with Crippen molar-refractivity contribution in [2.24, 2.45) is 5.41 Å². The van der Waals surface area contributed by atoms with E-state index >= 15 is 0 Å². The minimum atomic E-state index is -4.57. The first-order valence-corrected chi connectivity index (χ1v) is 14.5. The number of hydrogen-bond acceptors (Lipinski definition) is 7. The number of piperidine rings is 2. The smallest absolute Gasteiger partial charge is 0.384 e. The third kappa shape index (κ3) is 4.84. The average molecular weight is 586 g/mol. The molecule has 6 rings (SSSR count). The second-order valence-corrected chi connectivity index (χ2v) is 12.2. The minimum absolute atomic E-state index is 0.146. The van der Waals surface area contributed by atoms with Crippen LogP contribution in [0.2, 0.25) is 0 Å². The standard InChI is InChI=1S/C30H34F3N5O4/c31-30(32,33)23-8-4-18(25(34)35-23)15-37-13-12-29(42,28(17-37)10-2-1-3-11-28)20-5-6-21-19(14-20)16-38(27(21)41)22-7-9-24(39)36-26(22)40/h4-6,8,14,22,42H,1-3,7,9-13,15-17H2,(H2,34,35)(H,36,39,40). The molecule has 3 aliphatic heterocycles. The molecule has 224 valence electrons. The highest BCUT2D eigenvalue weighted by molar-refractivity contribution is 6.05. The van der Waals surface area contributed by atoms with E-state index in [2.05, 4.69) is 15.2 Å². The van der Waals surface area contributed by atoms with Crippen LogP contribution in [0, 0.1) is 5.41 Å². The monoisotopic (exact) mass is 585 g/mol. The second-order valence-electron chi connectivity index (χ2n) is 12.2. The van der Waals surface area contributed by atoms with Crippen LogP contribution in [-0.4, -0.2) is 56.7 Å². The van der Waals surface area contributed by atoms with E-state index in [1.54, 1.807) is 6.07 Å². The predicted molar refractivity (Wildman–Crippen MR) is 145 cm³/mol. The number of likely N-dealkylation sites (tertiary alicyclic amines) is 1. The molecule has 2 atom stereocenters. The van der Waals surface area contributed by atoms with Gasteiger partial charge in [-0.2, -0.15) is 13.2 Å². The molecule has 2 unspecified atom stereocenters. The molecular weight excluding hydrogens is 551 g/mol. The Bertz CT molecular complexity index is 1440. The summed E-state index contributed by atoms with van der Waals surface area (Å²) in [5.41, 5.74) is 5.74. The summed E-state index contributed by atoms with van der Waals surface area (Å²) >= 11 is 0. The van der Waals surface area contributed by atoms with Crippen molar-refractivity contribution < 1.29 is 32.7 Å². The van der Waals surface area contributed by atoms with Gasteiger partial charge in [-0.05, 0) is 48.9 Å². The third-order valence-electron chi connectivity index (χ3n) is 9.70. The fraction of sp³-hybridized carbons (Fsp3) is 0.533. The molecule has 9 nitrogen and oxygen atoms in total. The van der Waals surface area contributed by atoms with Crippen LogP contribution in [-0.2, 0) is 34.5 Å². The molecule has 4 heterocycles. The number of carbonyl (C=O) groups excluding carboxylic acids is 3. The van der Waals surface area contributed by atoms with Crippen LogP contribution in [0.25, 0.3) is 0 Å². The fourth-order valence-corrected chi connectivity index (χ4v) is 7.48. The number of nitrogens with two attached hydrogens (primary N) is 1. The van der Waals surface area contributed by atoms with E-state index in [0.717, 1.165) is 49.3 Å². The highest BCUT2D eigenvalue weighted by atomic mass is 19.4. The number of benzene rings is 1. The number of rotatable bonds is 4. The topological polar surface area (TPSA) is 129 Å². The maximum atomic E-state index is 13.2. The minimum Gasteiger partial charge on any atom is -0.384 e. The largest absolute Gasteiger partial charge is 0.433 e. The van der Waals surface area contributed by atoms with Gasteiger partial charge in [0.2, 0.25) is 11.8 Å². The van der Waals surface area contributed by atoms with Crippen molar-refractivity contribution in [3.05, 3.63) is 58.3 Å². The van der Waals surface area contributed by atoms with E-state index in [1.165, 1.54) is 11.0 Å². The molecule has 4 aliphatic rings. The van der Waals surface area contributed by atoms with Crippen LogP contribution >= 0.6 is 0 Å². The van der Waals surface area contributed by atoms with E-state index in [1.807, 2.05) is 12.1 Å². The number of nitrogens with one attached hydrogen (secondary N) is 1. The number of alkyl halides is 3. The molecule has 3 amide bonds. The lowest BCUT2D eigenvalue weighted by molar-refractivity contribution is -0.159. The van der Waals surface area contributed by atoms with E-state index in [0.29, 0.717) is 37.2 Å². The van der Waals surface area contributed by atoms with Crippen LogP contribution in [0.3, 0.4) is 0 Å². The van der Waals surface area contributed by atoms with Gasteiger partial charge in [-0.15, -0.1) is 0 Å². The lowest BCUT2D eigenvalue weighted by atomic mass is 9.57.